The van der Waals surface area contributed by atoms with Gasteiger partial charge >= 0.3 is 28.3 Å². The van der Waals surface area contributed by atoms with Gasteiger partial charge in [-0.15, -0.1) is 0 Å². The molecule has 0 aromatic heterocycles. The second-order valence-electron chi connectivity index (χ2n) is 3.88. The third-order valence-electron chi connectivity index (χ3n) is 2.23. The van der Waals surface area contributed by atoms with Gasteiger partial charge in [-0.05, 0) is 6.42 Å². The third kappa shape index (κ3) is 10.3. The number of thiol groups is 1. The van der Waals surface area contributed by atoms with Gasteiger partial charge in [0.2, 0.25) is 11.8 Å². The molecule has 0 radical (unpaired) electrons. The van der Waals surface area contributed by atoms with Crippen molar-refractivity contribution in [1.82, 2.24) is 10.6 Å². The summed E-state index contributed by atoms with van der Waals surface area (Å²) in [6.45, 7) is -0.575. The minimum atomic E-state index is -1.47. The topological polar surface area (TPSA) is 162 Å². The van der Waals surface area contributed by atoms with Crippen molar-refractivity contribution in [3.05, 3.63) is 0 Å². The summed E-state index contributed by atoms with van der Waals surface area (Å²) in [6.07, 6.45) is -0.337. The van der Waals surface area contributed by atoms with Crippen LogP contribution in [0, 0.1) is 0 Å². The zero-order valence-corrected chi connectivity index (χ0v) is 13.9. The van der Waals surface area contributed by atoms with E-state index in [9.17, 15) is 24.3 Å². The molecular formula is C10H16AuN3O6S. The first-order valence-corrected chi connectivity index (χ1v) is 6.27. The fraction of sp³-hybridized carbons (Fsp3) is 0.600. The second kappa shape index (κ2) is 11.6. The summed E-state index contributed by atoms with van der Waals surface area (Å²) in [4.78, 5) is 43.6. The molecule has 11 heteroatoms. The Morgan fingerprint density at radius 2 is 1.86 bits per heavy atom. The summed E-state index contributed by atoms with van der Waals surface area (Å²) in [6, 6.07) is -2.28. The van der Waals surface area contributed by atoms with Crippen LogP contribution in [0.2, 0.25) is 0 Å². The Bertz CT molecular complexity index is 395. The second-order valence-corrected chi connectivity index (χ2v) is 4.24. The van der Waals surface area contributed by atoms with Gasteiger partial charge in [0.15, 0.2) is 0 Å². The maximum absolute atomic E-state index is 11.5. The van der Waals surface area contributed by atoms with E-state index in [1.54, 1.807) is 0 Å². The SMILES string of the molecule is N[C@@H](CCC(=O)N[C@@H](CS)C(=O)NCC(=O)O)C(=O)[O-].[Au+]. The summed E-state index contributed by atoms with van der Waals surface area (Å²) < 4.78 is 0. The smallest absolute Gasteiger partial charge is 0.548 e. The van der Waals surface area contributed by atoms with Gasteiger partial charge < -0.3 is 31.4 Å². The first-order valence-electron chi connectivity index (χ1n) is 5.64. The van der Waals surface area contributed by atoms with Gasteiger partial charge in [-0.25, -0.2) is 0 Å². The number of amides is 2. The normalized spacial score (nSPS) is 12.5. The van der Waals surface area contributed by atoms with Crippen LogP contribution in [-0.2, 0) is 41.6 Å². The molecule has 0 saturated carbocycles. The van der Waals surface area contributed by atoms with Crippen LogP contribution in [0.4, 0.5) is 0 Å². The van der Waals surface area contributed by atoms with Crippen molar-refractivity contribution in [3.63, 3.8) is 0 Å². The first-order chi connectivity index (χ1) is 9.27. The van der Waals surface area contributed by atoms with Gasteiger partial charge in [-0.1, -0.05) is 0 Å². The molecule has 0 aromatic carbocycles. The Labute approximate surface area is 141 Å². The molecule has 0 aromatic rings. The largest absolute Gasteiger partial charge is 1.00 e. The van der Waals surface area contributed by atoms with Gasteiger partial charge in [0.25, 0.3) is 0 Å². The van der Waals surface area contributed by atoms with E-state index in [1.807, 2.05) is 0 Å². The van der Waals surface area contributed by atoms with Gasteiger partial charge in [-0.2, -0.15) is 12.6 Å². The number of carbonyl (C=O) groups excluding carboxylic acids is 3. The molecule has 2 amide bonds. The number of carbonyl (C=O) groups is 4. The van der Waals surface area contributed by atoms with Crippen molar-refractivity contribution in [3.8, 4) is 0 Å². The molecule has 21 heavy (non-hydrogen) atoms. The van der Waals surface area contributed by atoms with E-state index < -0.39 is 42.4 Å². The molecule has 2 atom stereocenters. The van der Waals surface area contributed by atoms with Crippen LogP contribution in [-0.4, -0.2) is 53.2 Å². The summed E-state index contributed by atoms with van der Waals surface area (Å²) in [5.41, 5.74) is 5.17. The zero-order chi connectivity index (χ0) is 15.7. The number of carboxylic acids is 2. The number of aliphatic carboxylic acids is 2. The summed E-state index contributed by atoms with van der Waals surface area (Å²) in [5, 5.41) is 23.1. The van der Waals surface area contributed by atoms with E-state index >= 15 is 0 Å². The van der Waals surface area contributed by atoms with E-state index in [4.69, 9.17) is 10.8 Å². The third-order valence-corrected chi connectivity index (χ3v) is 2.60. The predicted octanol–water partition coefficient (Wildman–Crippen LogP) is -3.54. The molecule has 0 rings (SSSR count). The van der Waals surface area contributed by atoms with Crippen molar-refractivity contribution in [2.45, 2.75) is 24.9 Å². The summed E-state index contributed by atoms with van der Waals surface area (Å²) in [7, 11) is 0. The van der Waals surface area contributed by atoms with Crippen LogP contribution >= 0.6 is 12.6 Å². The summed E-state index contributed by atoms with van der Waals surface area (Å²) >= 11 is 3.86. The monoisotopic (exact) mass is 503 g/mol. The fourth-order valence-corrected chi connectivity index (χ4v) is 1.41. The van der Waals surface area contributed by atoms with E-state index in [1.165, 1.54) is 0 Å². The minimum Gasteiger partial charge on any atom is -0.548 e. The van der Waals surface area contributed by atoms with Gasteiger partial charge in [0, 0.05) is 18.2 Å². The van der Waals surface area contributed by atoms with Gasteiger partial charge in [0.1, 0.15) is 12.6 Å². The van der Waals surface area contributed by atoms with Gasteiger partial charge in [-0.3, -0.25) is 14.4 Å². The van der Waals surface area contributed by atoms with Crippen LogP contribution in [0.1, 0.15) is 12.8 Å². The Balaban J connectivity index is 0. The van der Waals surface area contributed by atoms with Crippen LogP contribution in [0.5, 0.6) is 0 Å². The minimum absolute atomic E-state index is 0. The molecule has 0 spiro atoms. The number of carboxylic acid groups (broad SMARTS) is 2. The molecular weight excluding hydrogens is 487 g/mol. The number of hydrogen-bond donors (Lipinski definition) is 5. The molecule has 0 aliphatic carbocycles. The Hall–Kier alpha value is -1.07. The van der Waals surface area contributed by atoms with Crippen molar-refractivity contribution in [2.75, 3.05) is 12.3 Å². The maximum atomic E-state index is 11.5. The molecule has 5 N–H and O–H groups in total. The number of rotatable bonds is 9. The van der Waals surface area contributed by atoms with E-state index in [2.05, 4.69) is 23.3 Å². The van der Waals surface area contributed by atoms with Gasteiger partial charge in [0.05, 0.1) is 5.97 Å². The molecule has 0 unspecified atom stereocenters. The van der Waals surface area contributed by atoms with E-state index in [0.717, 1.165) is 0 Å². The Kier molecular flexibility index (Phi) is 12.2. The molecule has 0 fully saturated rings. The van der Waals surface area contributed by atoms with E-state index in [0.29, 0.717) is 0 Å². The van der Waals surface area contributed by atoms with Crippen molar-refractivity contribution in [1.29, 1.82) is 0 Å². The fourth-order valence-electron chi connectivity index (χ4n) is 1.15. The average molecular weight is 503 g/mol. The summed E-state index contributed by atoms with van der Waals surface area (Å²) in [5.74, 6) is -4.01. The Morgan fingerprint density at radius 3 is 2.29 bits per heavy atom. The molecule has 0 saturated heterocycles. The number of nitrogens with one attached hydrogen (secondary N) is 2. The molecule has 0 aliphatic heterocycles. The standard InChI is InChI=1S/C10H17N3O6S.Au/c11-5(10(18)19)1-2-7(14)13-6(4-20)9(17)12-3-8(15)16;/h5-6,20H,1-4,11H2,(H,12,17)(H,13,14)(H,15,16)(H,18,19);/q;+1/p-1/t5-,6-;/m0./s1. The maximum Gasteiger partial charge on any atom is 1.00 e. The van der Waals surface area contributed by atoms with Crippen molar-refractivity contribution < 1.29 is 51.8 Å². The Morgan fingerprint density at radius 1 is 1.29 bits per heavy atom. The predicted molar refractivity (Wildman–Crippen MR) is 68.6 cm³/mol. The molecule has 0 bridgehead atoms. The van der Waals surface area contributed by atoms with Crippen LogP contribution in [0.25, 0.3) is 0 Å². The van der Waals surface area contributed by atoms with Crippen LogP contribution < -0.4 is 21.5 Å². The molecule has 9 nitrogen and oxygen atoms in total. The molecule has 0 aliphatic rings. The van der Waals surface area contributed by atoms with Crippen molar-refractivity contribution >= 4 is 36.4 Å². The molecule has 0 heterocycles. The number of nitrogens with two attached hydrogens (primary N) is 1. The van der Waals surface area contributed by atoms with Crippen LogP contribution in [0.15, 0.2) is 0 Å². The zero-order valence-electron chi connectivity index (χ0n) is 10.8. The number of hydrogen-bond acceptors (Lipinski definition) is 7. The van der Waals surface area contributed by atoms with Crippen molar-refractivity contribution in [2.24, 2.45) is 5.73 Å². The molecule has 124 valence electrons. The quantitative estimate of drug-likeness (QED) is 0.161. The average Bonchev–Trinajstić information content (AvgIpc) is 2.38. The van der Waals surface area contributed by atoms with E-state index in [-0.39, 0.29) is 41.0 Å². The first kappa shape index (κ1) is 22.2. The van der Waals surface area contributed by atoms with Crippen LogP contribution in [0.3, 0.4) is 0 Å².